The molecule has 0 N–H and O–H groups in total. The molecule has 112 valence electrons. The van der Waals surface area contributed by atoms with Gasteiger partial charge in [0.05, 0.1) is 6.61 Å². The van der Waals surface area contributed by atoms with Gasteiger partial charge >= 0.3 is 5.97 Å². The zero-order chi connectivity index (χ0) is 15.5. The Bertz CT molecular complexity index is 598. The van der Waals surface area contributed by atoms with Gasteiger partial charge in [0, 0.05) is 17.6 Å². The number of hydrogen-bond acceptors (Lipinski definition) is 4. The van der Waals surface area contributed by atoms with Gasteiger partial charge in [-0.15, -0.1) is 0 Å². The average Bonchev–Trinajstić information content (AvgIpc) is 2.26. The third-order valence-electron chi connectivity index (χ3n) is 2.29. The summed E-state index contributed by atoms with van der Waals surface area (Å²) in [7, 11) is -3.19. The van der Waals surface area contributed by atoms with Gasteiger partial charge in [-0.3, -0.25) is 4.79 Å². The van der Waals surface area contributed by atoms with E-state index < -0.39 is 39.1 Å². The van der Waals surface area contributed by atoms with Crippen LogP contribution < -0.4 is 0 Å². The molecule has 0 spiro atoms. The Morgan fingerprint density at radius 2 is 2.00 bits per heavy atom. The van der Waals surface area contributed by atoms with E-state index in [1.807, 2.05) is 0 Å². The second-order valence-electron chi connectivity index (χ2n) is 3.76. The molecule has 0 amide bonds. The number of carbonyl (C=O) groups excluding carboxylic acids is 1. The molecule has 0 aliphatic heterocycles. The first-order valence-electron chi connectivity index (χ1n) is 5.46. The monoisotopic (exact) mass is 371 g/mol. The van der Waals surface area contributed by atoms with Crippen molar-refractivity contribution in [3.8, 4) is 0 Å². The first kappa shape index (κ1) is 17.0. The Kier molecular flexibility index (Phi) is 5.60. The van der Waals surface area contributed by atoms with Crippen LogP contribution in [0.15, 0.2) is 21.5 Å². The second kappa shape index (κ2) is 6.59. The van der Waals surface area contributed by atoms with Crippen molar-refractivity contribution in [1.82, 2.24) is 4.31 Å². The lowest BCUT2D eigenvalue weighted by atomic mass is 10.3. The predicted octanol–water partition coefficient (Wildman–Crippen LogP) is 1.91. The van der Waals surface area contributed by atoms with Gasteiger partial charge in [-0.25, -0.2) is 17.2 Å². The molecular weight excluding hydrogens is 360 g/mol. The van der Waals surface area contributed by atoms with Gasteiger partial charge in [-0.2, -0.15) is 4.31 Å². The molecule has 0 saturated heterocycles. The molecule has 5 nitrogen and oxygen atoms in total. The number of likely N-dealkylation sites (N-methyl/N-ethyl adjacent to an activating group) is 1. The molecule has 0 fully saturated rings. The number of esters is 1. The van der Waals surface area contributed by atoms with Crippen LogP contribution in [0.5, 0.6) is 0 Å². The van der Waals surface area contributed by atoms with E-state index in [0.717, 1.165) is 13.1 Å². The van der Waals surface area contributed by atoms with Gasteiger partial charge in [0.25, 0.3) is 0 Å². The highest BCUT2D eigenvalue weighted by atomic mass is 79.9. The van der Waals surface area contributed by atoms with E-state index in [4.69, 9.17) is 0 Å². The highest BCUT2D eigenvalue weighted by Gasteiger charge is 2.29. The third kappa shape index (κ3) is 3.74. The summed E-state index contributed by atoms with van der Waals surface area (Å²) in [6, 6.07) is 1.28. The SMILES string of the molecule is CCOC(=O)CN(C)S(=O)(=O)c1c(F)cc(F)cc1Br. The number of halogens is 3. The highest BCUT2D eigenvalue weighted by Crippen LogP contribution is 2.28. The van der Waals surface area contributed by atoms with E-state index in [2.05, 4.69) is 20.7 Å². The molecule has 20 heavy (non-hydrogen) atoms. The quantitative estimate of drug-likeness (QED) is 0.741. The van der Waals surface area contributed by atoms with Crippen LogP contribution in [-0.2, 0) is 19.6 Å². The number of nitrogens with zero attached hydrogens (tertiary/aromatic N) is 1. The number of hydrogen-bond donors (Lipinski definition) is 0. The van der Waals surface area contributed by atoms with Crippen LogP contribution in [0, 0.1) is 11.6 Å². The second-order valence-corrected chi connectivity index (χ2v) is 6.60. The first-order chi connectivity index (χ1) is 9.20. The van der Waals surface area contributed by atoms with Crippen LogP contribution in [0.1, 0.15) is 6.92 Å². The topological polar surface area (TPSA) is 63.7 Å². The van der Waals surface area contributed by atoms with E-state index in [9.17, 15) is 22.0 Å². The van der Waals surface area contributed by atoms with E-state index in [1.165, 1.54) is 0 Å². The first-order valence-corrected chi connectivity index (χ1v) is 7.70. The van der Waals surface area contributed by atoms with Crippen LogP contribution >= 0.6 is 15.9 Å². The maximum Gasteiger partial charge on any atom is 0.321 e. The fourth-order valence-corrected chi connectivity index (χ4v) is 3.62. The smallest absolute Gasteiger partial charge is 0.321 e. The molecule has 1 aromatic rings. The molecule has 1 rings (SSSR count). The molecule has 0 saturated carbocycles. The number of carbonyl (C=O) groups is 1. The van der Waals surface area contributed by atoms with Crippen molar-refractivity contribution in [3.05, 3.63) is 28.2 Å². The van der Waals surface area contributed by atoms with Crippen LogP contribution in [0.2, 0.25) is 0 Å². The Balaban J connectivity index is 3.14. The maximum atomic E-state index is 13.7. The van der Waals surface area contributed by atoms with E-state index >= 15 is 0 Å². The van der Waals surface area contributed by atoms with Gasteiger partial charge in [-0.1, -0.05) is 0 Å². The fourth-order valence-electron chi connectivity index (χ4n) is 1.40. The summed E-state index contributed by atoms with van der Waals surface area (Å²) >= 11 is 2.80. The van der Waals surface area contributed by atoms with Crippen molar-refractivity contribution in [3.63, 3.8) is 0 Å². The number of benzene rings is 1. The van der Waals surface area contributed by atoms with Crippen molar-refractivity contribution >= 4 is 31.9 Å². The van der Waals surface area contributed by atoms with E-state index in [-0.39, 0.29) is 11.1 Å². The molecule has 0 radical (unpaired) electrons. The lowest BCUT2D eigenvalue weighted by Crippen LogP contribution is -2.33. The Hall–Kier alpha value is -1.06. The highest BCUT2D eigenvalue weighted by molar-refractivity contribution is 9.10. The molecule has 0 aromatic heterocycles. The summed E-state index contributed by atoms with van der Waals surface area (Å²) < 4.78 is 55.9. The molecule has 0 aliphatic rings. The summed E-state index contributed by atoms with van der Waals surface area (Å²) in [5.74, 6) is -2.92. The molecule has 0 heterocycles. The summed E-state index contributed by atoms with van der Waals surface area (Å²) in [6.45, 7) is 1.10. The normalized spacial score (nSPS) is 11.7. The molecule has 0 bridgehead atoms. The zero-order valence-corrected chi connectivity index (χ0v) is 13.1. The third-order valence-corrected chi connectivity index (χ3v) is 5.06. The minimum absolute atomic E-state index is 0.0985. The van der Waals surface area contributed by atoms with Crippen molar-refractivity contribution in [2.75, 3.05) is 20.2 Å². The van der Waals surface area contributed by atoms with Gasteiger partial charge in [-0.05, 0) is 28.9 Å². The van der Waals surface area contributed by atoms with Gasteiger partial charge in [0.2, 0.25) is 10.0 Å². The summed E-state index contributed by atoms with van der Waals surface area (Å²) in [5.41, 5.74) is 0. The van der Waals surface area contributed by atoms with Crippen LogP contribution in [0.25, 0.3) is 0 Å². The molecule has 0 atom stereocenters. The average molecular weight is 372 g/mol. The number of sulfonamides is 1. The zero-order valence-electron chi connectivity index (χ0n) is 10.7. The summed E-state index contributed by atoms with van der Waals surface area (Å²) in [6.07, 6.45) is 0. The summed E-state index contributed by atoms with van der Waals surface area (Å²) in [5, 5.41) is 0. The number of ether oxygens (including phenoxy) is 1. The molecule has 9 heteroatoms. The summed E-state index contributed by atoms with van der Waals surface area (Å²) in [4.78, 5) is 10.5. The van der Waals surface area contributed by atoms with Crippen LogP contribution in [0.3, 0.4) is 0 Å². The standard InChI is InChI=1S/C11H12BrF2NO4S/c1-3-19-10(16)6-15(2)20(17,18)11-8(12)4-7(13)5-9(11)14/h4-5H,3,6H2,1-2H3. The molecule has 0 unspecified atom stereocenters. The lowest BCUT2D eigenvalue weighted by Gasteiger charge is -2.17. The van der Waals surface area contributed by atoms with Gasteiger partial charge in [0.15, 0.2) is 0 Å². The Morgan fingerprint density at radius 1 is 1.40 bits per heavy atom. The van der Waals surface area contributed by atoms with Crippen molar-refractivity contribution in [2.24, 2.45) is 0 Å². The number of rotatable bonds is 5. The lowest BCUT2D eigenvalue weighted by molar-refractivity contribution is -0.143. The van der Waals surface area contributed by atoms with E-state index in [0.29, 0.717) is 10.4 Å². The van der Waals surface area contributed by atoms with Crippen LogP contribution in [-0.4, -0.2) is 38.9 Å². The molecule has 0 aliphatic carbocycles. The molecule has 1 aromatic carbocycles. The van der Waals surface area contributed by atoms with E-state index in [1.54, 1.807) is 6.92 Å². The van der Waals surface area contributed by atoms with Crippen molar-refractivity contribution in [2.45, 2.75) is 11.8 Å². The Morgan fingerprint density at radius 3 is 2.50 bits per heavy atom. The molecular formula is C11H12BrF2NO4S. The van der Waals surface area contributed by atoms with Gasteiger partial charge < -0.3 is 4.74 Å². The van der Waals surface area contributed by atoms with Crippen LogP contribution in [0.4, 0.5) is 8.78 Å². The van der Waals surface area contributed by atoms with Gasteiger partial charge in [0.1, 0.15) is 23.1 Å². The van der Waals surface area contributed by atoms with Crippen molar-refractivity contribution in [1.29, 1.82) is 0 Å². The van der Waals surface area contributed by atoms with Crippen molar-refractivity contribution < 1.29 is 26.7 Å². The largest absolute Gasteiger partial charge is 0.465 e. The Labute approximate surface area is 123 Å². The minimum Gasteiger partial charge on any atom is -0.465 e. The minimum atomic E-state index is -4.29. The predicted molar refractivity (Wildman–Crippen MR) is 70.5 cm³/mol. The maximum absolute atomic E-state index is 13.7. The fraction of sp³-hybridized carbons (Fsp3) is 0.364.